The fourth-order valence-corrected chi connectivity index (χ4v) is 3.40. The molecule has 6 heteroatoms. The van der Waals surface area contributed by atoms with Gasteiger partial charge in [-0.05, 0) is 49.9 Å². The van der Waals surface area contributed by atoms with Gasteiger partial charge in [0.1, 0.15) is 5.75 Å². The van der Waals surface area contributed by atoms with Crippen LogP contribution in [0.4, 0.5) is 5.95 Å². The van der Waals surface area contributed by atoms with Crippen molar-refractivity contribution in [2.75, 3.05) is 12.5 Å². The lowest BCUT2D eigenvalue weighted by Crippen LogP contribution is -2.23. The van der Waals surface area contributed by atoms with Crippen molar-refractivity contribution < 1.29 is 4.74 Å². The summed E-state index contributed by atoms with van der Waals surface area (Å²) < 4.78 is 6.87. The molecule has 1 aliphatic carbocycles. The molecule has 0 bridgehead atoms. The summed E-state index contributed by atoms with van der Waals surface area (Å²) in [5.74, 6) is 1.09. The Morgan fingerprint density at radius 2 is 1.89 bits per heavy atom. The number of benzene rings is 2. The smallest absolute Gasteiger partial charge is 0.267 e. The van der Waals surface area contributed by atoms with Gasteiger partial charge in [0, 0.05) is 11.8 Å². The number of rotatable bonds is 4. The minimum Gasteiger partial charge on any atom is -0.497 e. The molecule has 0 atom stereocenters. The average molecular weight is 362 g/mol. The molecule has 138 valence electrons. The molecule has 27 heavy (non-hydrogen) atoms. The normalized spacial score (nSPS) is 14.2. The standard InChI is InChI=1S/C21H22N4O2/c1-27-17-11-7-10-16(14-17)25-20(26)18-12-5-6-13-19(18)22-21(25)24-23-15-8-3-2-4-9-15/h5-7,10-14H,2-4,8-9H2,1H3,(H,22,24). The van der Waals surface area contributed by atoms with Crippen molar-refractivity contribution in [1.29, 1.82) is 0 Å². The molecule has 1 saturated carbocycles. The zero-order valence-electron chi connectivity index (χ0n) is 15.3. The zero-order valence-corrected chi connectivity index (χ0v) is 15.3. The molecule has 1 aromatic heterocycles. The zero-order chi connectivity index (χ0) is 18.6. The van der Waals surface area contributed by atoms with Gasteiger partial charge in [-0.2, -0.15) is 5.10 Å². The van der Waals surface area contributed by atoms with Gasteiger partial charge in [-0.3, -0.25) is 4.79 Å². The molecular weight excluding hydrogens is 340 g/mol. The molecule has 4 rings (SSSR count). The number of nitrogens with one attached hydrogen (secondary N) is 1. The summed E-state index contributed by atoms with van der Waals surface area (Å²) in [4.78, 5) is 17.9. The van der Waals surface area contributed by atoms with Gasteiger partial charge in [0.15, 0.2) is 0 Å². The number of fused-ring (bicyclic) bond motifs is 1. The summed E-state index contributed by atoms with van der Waals surface area (Å²) in [6.07, 6.45) is 5.55. The number of para-hydroxylation sites is 1. The summed E-state index contributed by atoms with van der Waals surface area (Å²) in [5, 5.41) is 5.11. The Bertz CT molecular complexity index is 1050. The predicted octanol–water partition coefficient (Wildman–Crippen LogP) is 4.13. The van der Waals surface area contributed by atoms with Crippen molar-refractivity contribution in [3.8, 4) is 11.4 Å². The van der Waals surface area contributed by atoms with Gasteiger partial charge in [0.25, 0.3) is 5.56 Å². The van der Waals surface area contributed by atoms with Gasteiger partial charge in [0.05, 0.1) is 23.7 Å². The first-order valence-corrected chi connectivity index (χ1v) is 9.24. The maximum atomic E-state index is 13.2. The van der Waals surface area contributed by atoms with Crippen molar-refractivity contribution >= 4 is 22.6 Å². The molecule has 1 N–H and O–H groups in total. The van der Waals surface area contributed by atoms with Crippen LogP contribution in [-0.2, 0) is 0 Å². The molecule has 0 saturated heterocycles. The van der Waals surface area contributed by atoms with Gasteiger partial charge < -0.3 is 4.74 Å². The highest BCUT2D eigenvalue weighted by Crippen LogP contribution is 2.21. The number of aromatic nitrogens is 2. The number of hydrogen-bond donors (Lipinski definition) is 1. The van der Waals surface area contributed by atoms with Crippen LogP contribution in [0.3, 0.4) is 0 Å². The van der Waals surface area contributed by atoms with E-state index in [-0.39, 0.29) is 5.56 Å². The Morgan fingerprint density at radius 3 is 2.70 bits per heavy atom. The first-order valence-electron chi connectivity index (χ1n) is 9.24. The van der Waals surface area contributed by atoms with Crippen LogP contribution in [-0.4, -0.2) is 22.4 Å². The van der Waals surface area contributed by atoms with Crippen LogP contribution >= 0.6 is 0 Å². The van der Waals surface area contributed by atoms with Crippen molar-refractivity contribution in [2.45, 2.75) is 32.1 Å². The van der Waals surface area contributed by atoms with E-state index < -0.39 is 0 Å². The molecule has 0 spiro atoms. The molecule has 0 amide bonds. The third-order valence-corrected chi connectivity index (χ3v) is 4.83. The molecule has 0 aliphatic heterocycles. The molecule has 0 unspecified atom stereocenters. The van der Waals surface area contributed by atoms with Gasteiger partial charge in [-0.1, -0.05) is 24.6 Å². The monoisotopic (exact) mass is 362 g/mol. The molecular formula is C21H22N4O2. The van der Waals surface area contributed by atoms with E-state index in [0.29, 0.717) is 28.3 Å². The summed E-state index contributed by atoms with van der Waals surface area (Å²) in [6, 6.07) is 14.7. The lowest BCUT2D eigenvalue weighted by atomic mass is 9.99. The molecule has 3 aromatic rings. The number of methoxy groups -OCH3 is 1. The Kier molecular flexibility index (Phi) is 4.87. The van der Waals surface area contributed by atoms with E-state index in [9.17, 15) is 4.79 Å². The van der Waals surface area contributed by atoms with E-state index >= 15 is 0 Å². The predicted molar refractivity (Wildman–Crippen MR) is 108 cm³/mol. The van der Waals surface area contributed by atoms with Crippen LogP contribution in [0, 0.1) is 0 Å². The minimum absolute atomic E-state index is 0.139. The first kappa shape index (κ1) is 17.3. The highest BCUT2D eigenvalue weighted by atomic mass is 16.5. The van der Waals surface area contributed by atoms with E-state index in [1.54, 1.807) is 17.7 Å². The topological polar surface area (TPSA) is 68.5 Å². The average Bonchev–Trinajstić information content (AvgIpc) is 2.73. The molecule has 6 nitrogen and oxygen atoms in total. The number of ether oxygens (including phenoxy) is 1. The lowest BCUT2D eigenvalue weighted by molar-refractivity contribution is 0.414. The second-order valence-electron chi connectivity index (χ2n) is 6.65. The molecule has 1 heterocycles. The molecule has 1 aliphatic rings. The fourth-order valence-electron chi connectivity index (χ4n) is 3.40. The Hall–Kier alpha value is -3.15. The van der Waals surface area contributed by atoms with Gasteiger partial charge >= 0.3 is 0 Å². The van der Waals surface area contributed by atoms with Crippen LogP contribution < -0.4 is 15.7 Å². The van der Waals surface area contributed by atoms with E-state index in [1.807, 2.05) is 42.5 Å². The van der Waals surface area contributed by atoms with Gasteiger partial charge in [-0.25, -0.2) is 15.0 Å². The van der Waals surface area contributed by atoms with E-state index in [0.717, 1.165) is 31.4 Å². The molecule has 2 aromatic carbocycles. The fraction of sp³-hybridized carbons (Fsp3) is 0.286. The van der Waals surface area contributed by atoms with Crippen molar-refractivity contribution in [3.63, 3.8) is 0 Å². The summed E-state index contributed by atoms with van der Waals surface area (Å²) in [5.41, 5.74) is 5.37. The van der Waals surface area contributed by atoms with Crippen LogP contribution in [0.15, 0.2) is 58.4 Å². The maximum absolute atomic E-state index is 13.2. The van der Waals surface area contributed by atoms with Crippen molar-refractivity contribution in [2.24, 2.45) is 5.10 Å². The SMILES string of the molecule is COc1cccc(-n2c(NN=C3CCCCC3)nc3ccccc3c2=O)c1. The Morgan fingerprint density at radius 1 is 1.07 bits per heavy atom. The highest BCUT2D eigenvalue weighted by molar-refractivity contribution is 5.85. The number of hydrogen-bond acceptors (Lipinski definition) is 5. The van der Waals surface area contributed by atoms with Crippen LogP contribution in [0.25, 0.3) is 16.6 Å². The maximum Gasteiger partial charge on any atom is 0.267 e. The Labute approximate surface area is 157 Å². The third kappa shape index (κ3) is 3.56. The quantitative estimate of drug-likeness (QED) is 0.709. The van der Waals surface area contributed by atoms with Crippen molar-refractivity contribution in [3.05, 3.63) is 58.9 Å². The third-order valence-electron chi connectivity index (χ3n) is 4.83. The number of anilines is 1. The number of hydrazone groups is 1. The van der Waals surface area contributed by atoms with Crippen LogP contribution in [0.5, 0.6) is 5.75 Å². The largest absolute Gasteiger partial charge is 0.497 e. The van der Waals surface area contributed by atoms with E-state index in [1.165, 1.54) is 6.42 Å². The van der Waals surface area contributed by atoms with Gasteiger partial charge in [0.2, 0.25) is 5.95 Å². The Balaban J connectivity index is 1.86. The highest BCUT2D eigenvalue weighted by Gasteiger charge is 2.14. The second kappa shape index (κ2) is 7.61. The van der Waals surface area contributed by atoms with Crippen molar-refractivity contribution in [1.82, 2.24) is 9.55 Å². The first-order chi connectivity index (χ1) is 13.3. The minimum atomic E-state index is -0.139. The van der Waals surface area contributed by atoms with Crippen LogP contribution in [0.2, 0.25) is 0 Å². The van der Waals surface area contributed by atoms with Crippen LogP contribution in [0.1, 0.15) is 32.1 Å². The summed E-state index contributed by atoms with van der Waals surface area (Å²) in [7, 11) is 1.61. The lowest BCUT2D eigenvalue weighted by Gasteiger charge is -2.16. The van der Waals surface area contributed by atoms with E-state index in [4.69, 9.17) is 4.74 Å². The molecule has 0 radical (unpaired) electrons. The number of nitrogens with zero attached hydrogens (tertiary/aromatic N) is 3. The summed E-state index contributed by atoms with van der Waals surface area (Å²) >= 11 is 0. The molecule has 1 fully saturated rings. The van der Waals surface area contributed by atoms with Gasteiger partial charge in [-0.15, -0.1) is 0 Å². The van der Waals surface area contributed by atoms with E-state index in [2.05, 4.69) is 15.5 Å². The second-order valence-corrected chi connectivity index (χ2v) is 6.65. The summed E-state index contributed by atoms with van der Waals surface area (Å²) in [6.45, 7) is 0.